The normalized spacial score (nSPS) is 25.6. The zero-order valence-electron chi connectivity index (χ0n) is 11.6. The average Bonchev–Trinajstić information content (AvgIpc) is 2.37. The highest BCUT2D eigenvalue weighted by Crippen LogP contribution is 2.19. The highest BCUT2D eigenvalue weighted by Gasteiger charge is 2.30. The molecule has 1 amide bonds. The summed E-state index contributed by atoms with van der Waals surface area (Å²) in [6, 6.07) is 0.363. The fourth-order valence-electron chi connectivity index (χ4n) is 2.33. The van der Waals surface area contributed by atoms with Crippen LogP contribution in [-0.4, -0.2) is 36.6 Å². The molecule has 0 aliphatic carbocycles. The van der Waals surface area contributed by atoms with E-state index >= 15 is 0 Å². The minimum Gasteiger partial charge on any atom is -0.349 e. The van der Waals surface area contributed by atoms with Crippen LogP contribution in [0.1, 0.15) is 47.0 Å². The smallest absolute Gasteiger partial charge is 0.238 e. The van der Waals surface area contributed by atoms with Crippen molar-refractivity contribution in [3.63, 3.8) is 0 Å². The second-order valence-electron chi connectivity index (χ2n) is 5.10. The number of piperazine rings is 1. The summed E-state index contributed by atoms with van der Waals surface area (Å²) in [7, 11) is 0. The fourth-order valence-corrected chi connectivity index (χ4v) is 2.33. The lowest BCUT2D eigenvalue weighted by Crippen LogP contribution is -2.62. The molecule has 1 aliphatic heterocycles. The van der Waals surface area contributed by atoms with Gasteiger partial charge in [0.15, 0.2) is 0 Å². The molecule has 2 unspecified atom stereocenters. The standard InChI is InChI=1S/C13H27N3O/c1-5-13(6-2,7-3)16-12(17)11-9-14-10(4)8-15-11/h10-11,14-15H,5-9H2,1-4H3,(H,16,17). The Morgan fingerprint density at radius 3 is 2.18 bits per heavy atom. The lowest BCUT2D eigenvalue weighted by atomic mass is 9.89. The number of hydrogen-bond donors (Lipinski definition) is 3. The summed E-state index contributed by atoms with van der Waals surface area (Å²) in [6.45, 7) is 10.1. The summed E-state index contributed by atoms with van der Waals surface area (Å²) < 4.78 is 0. The first-order valence-corrected chi connectivity index (χ1v) is 6.85. The van der Waals surface area contributed by atoms with E-state index in [4.69, 9.17) is 0 Å². The van der Waals surface area contributed by atoms with Crippen molar-refractivity contribution >= 4 is 5.91 Å². The number of carbonyl (C=O) groups excluding carboxylic acids is 1. The molecule has 1 aliphatic rings. The average molecular weight is 241 g/mol. The molecule has 3 N–H and O–H groups in total. The van der Waals surface area contributed by atoms with Gasteiger partial charge in [0.1, 0.15) is 0 Å². The second kappa shape index (κ2) is 6.36. The van der Waals surface area contributed by atoms with E-state index in [1.807, 2.05) is 0 Å². The van der Waals surface area contributed by atoms with Gasteiger partial charge in [-0.15, -0.1) is 0 Å². The van der Waals surface area contributed by atoms with Gasteiger partial charge in [0.2, 0.25) is 5.91 Å². The van der Waals surface area contributed by atoms with Crippen molar-refractivity contribution in [2.75, 3.05) is 13.1 Å². The number of carbonyl (C=O) groups is 1. The minimum atomic E-state index is -0.0878. The van der Waals surface area contributed by atoms with E-state index in [2.05, 4.69) is 43.6 Å². The maximum atomic E-state index is 12.2. The van der Waals surface area contributed by atoms with Gasteiger partial charge in [0, 0.05) is 24.7 Å². The Morgan fingerprint density at radius 2 is 1.76 bits per heavy atom. The summed E-state index contributed by atoms with van der Waals surface area (Å²) in [4.78, 5) is 12.2. The van der Waals surface area contributed by atoms with E-state index in [1.165, 1.54) is 0 Å². The van der Waals surface area contributed by atoms with Crippen LogP contribution in [0.25, 0.3) is 0 Å². The van der Waals surface area contributed by atoms with Gasteiger partial charge in [-0.2, -0.15) is 0 Å². The van der Waals surface area contributed by atoms with Crippen molar-refractivity contribution in [1.82, 2.24) is 16.0 Å². The van der Waals surface area contributed by atoms with Crippen molar-refractivity contribution in [3.8, 4) is 0 Å². The van der Waals surface area contributed by atoms with Crippen LogP contribution in [0.2, 0.25) is 0 Å². The van der Waals surface area contributed by atoms with E-state index < -0.39 is 0 Å². The van der Waals surface area contributed by atoms with Gasteiger partial charge >= 0.3 is 0 Å². The van der Waals surface area contributed by atoms with Crippen LogP contribution in [0.3, 0.4) is 0 Å². The highest BCUT2D eigenvalue weighted by molar-refractivity contribution is 5.82. The van der Waals surface area contributed by atoms with Gasteiger partial charge < -0.3 is 16.0 Å². The number of hydrogen-bond acceptors (Lipinski definition) is 3. The maximum absolute atomic E-state index is 12.2. The predicted molar refractivity (Wildman–Crippen MR) is 71.0 cm³/mol. The molecule has 0 spiro atoms. The van der Waals surface area contributed by atoms with Gasteiger partial charge in [-0.05, 0) is 26.2 Å². The molecular formula is C13H27N3O. The van der Waals surface area contributed by atoms with E-state index in [0.717, 1.165) is 32.4 Å². The molecule has 0 aromatic carbocycles. The van der Waals surface area contributed by atoms with Crippen molar-refractivity contribution in [2.24, 2.45) is 0 Å². The first kappa shape index (κ1) is 14.5. The SMILES string of the molecule is CCC(CC)(CC)NC(=O)C1CNC(C)CN1. The molecule has 1 saturated heterocycles. The molecule has 0 aromatic heterocycles. The first-order valence-electron chi connectivity index (χ1n) is 6.85. The predicted octanol–water partition coefficient (Wildman–Crippen LogP) is 1.02. The molecule has 0 bridgehead atoms. The van der Waals surface area contributed by atoms with Crippen LogP contribution in [-0.2, 0) is 4.79 Å². The minimum absolute atomic E-state index is 0.0260. The quantitative estimate of drug-likeness (QED) is 0.673. The van der Waals surface area contributed by atoms with E-state index in [9.17, 15) is 4.79 Å². The zero-order valence-corrected chi connectivity index (χ0v) is 11.6. The number of rotatable bonds is 5. The molecular weight excluding hydrogens is 214 g/mol. The van der Waals surface area contributed by atoms with Crippen molar-refractivity contribution in [2.45, 2.75) is 64.6 Å². The Kier molecular flexibility index (Phi) is 5.40. The van der Waals surface area contributed by atoms with Crippen LogP contribution in [0, 0.1) is 0 Å². The molecule has 1 fully saturated rings. The van der Waals surface area contributed by atoms with E-state index in [-0.39, 0.29) is 17.5 Å². The molecule has 4 heteroatoms. The third-order valence-electron chi connectivity index (χ3n) is 4.08. The summed E-state index contributed by atoms with van der Waals surface area (Å²) >= 11 is 0. The summed E-state index contributed by atoms with van der Waals surface area (Å²) in [6.07, 6.45) is 2.97. The number of amides is 1. The fraction of sp³-hybridized carbons (Fsp3) is 0.923. The Hall–Kier alpha value is -0.610. The van der Waals surface area contributed by atoms with Crippen molar-refractivity contribution < 1.29 is 4.79 Å². The Bertz CT molecular complexity index is 235. The van der Waals surface area contributed by atoms with Crippen LogP contribution in [0.4, 0.5) is 0 Å². The molecule has 0 saturated carbocycles. The topological polar surface area (TPSA) is 53.2 Å². The van der Waals surface area contributed by atoms with Crippen LogP contribution >= 0.6 is 0 Å². The Balaban J connectivity index is 2.53. The Labute approximate surface area is 105 Å². The highest BCUT2D eigenvalue weighted by atomic mass is 16.2. The van der Waals surface area contributed by atoms with Crippen LogP contribution in [0.5, 0.6) is 0 Å². The van der Waals surface area contributed by atoms with Crippen LogP contribution < -0.4 is 16.0 Å². The monoisotopic (exact) mass is 241 g/mol. The van der Waals surface area contributed by atoms with E-state index in [1.54, 1.807) is 0 Å². The van der Waals surface area contributed by atoms with E-state index in [0.29, 0.717) is 6.04 Å². The molecule has 4 nitrogen and oxygen atoms in total. The Morgan fingerprint density at radius 1 is 1.18 bits per heavy atom. The van der Waals surface area contributed by atoms with Crippen molar-refractivity contribution in [3.05, 3.63) is 0 Å². The second-order valence-corrected chi connectivity index (χ2v) is 5.10. The lowest BCUT2D eigenvalue weighted by Gasteiger charge is -2.35. The van der Waals surface area contributed by atoms with Gasteiger partial charge in [0.05, 0.1) is 6.04 Å². The summed E-state index contributed by atoms with van der Waals surface area (Å²) in [5.74, 6) is 0.134. The van der Waals surface area contributed by atoms with Crippen LogP contribution in [0.15, 0.2) is 0 Å². The molecule has 2 atom stereocenters. The van der Waals surface area contributed by atoms with Crippen molar-refractivity contribution in [1.29, 1.82) is 0 Å². The lowest BCUT2D eigenvalue weighted by molar-refractivity contribution is -0.125. The van der Waals surface area contributed by atoms with Gasteiger partial charge in [-0.25, -0.2) is 0 Å². The molecule has 1 heterocycles. The maximum Gasteiger partial charge on any atom is 0.238 e. The van der Waals surface area contributed by atoms with Gasteiger partial charge in [-0.3, -0.25) is 4.79 Å². The summed E-state index contributed by atoms with van der Waals surface area (Å²) in [5, 5.41) is 9.84. The third-order valence-corrected chi connectivity index (χ3v) is 4.08. The zero-order chi connectivity index (χ0) is 12.9. The van der Waals surface area contributed by atoms with Gasteiger partial charge in [-0.1, -0.05) is 20.8 Å². The largest absolute Gasteiger partial charge is 0.349 e. The molecule has 0 radical (unpaired) electrons. The molecule has 1 rings (SSSR count). The summed E-state index contributed by atoms with van der Waals surface area (Å²) in [5.41, 5.74) is -0.0260. The molecule has 100 valence electrons. The first-order chi connectivity index (χ1) is 8.06. The number of nitrogens with one attached hydrogen (secondary N) is 3. The van der Waals surface area contributed by atoms with Gasteiger partial charge in [0.25, 0.3) is 0 Å². The molecule has 0 aromatic rings. The third kappa shape index (κ3) is 3.68. The molecule has 17 heavy (non-hydrogen) atoms.